The molecule has 0 bridgehead atoms. The standard InChI is InChI=1S/C29H20ClFN2O/c30-25-18-10-17-24(27(25)31)28(34)26-19-32-20-33(26)29(21-11-4-1-5-12-21,22-13-6-2-7-14-22)23-15-8-3-9-16-23/h1-20H. The summed E-state index contributed by atoms with van der Waals surface area (Å²) in [5, 5.41) is -0.0997. The lowest BCUT2D eigenvalue weighted by molar-refractivity contribution is 0.102. The van der Waals surface area contributed by atoms with Crippen molar-refractivity contribution in [2.24, 2.45) is 0 Å². The number of carbonyl (C=O) groups is 1. The number of imidazole rings is 1. The minimum atomic E-state index is -0.930. The summed E-state index contributed by atoms with van der Waals surface area (Å²) >= 11 is 5.99. The average Bonchev–Trinajstić information content (AvgIpc) is 3.38. The molecule has 0 amide bonds. The van der Waals surface area contributed by atoms with Gasteiger partial charge in [-0.2, -0.15) is 0 Å². The van der Waals surface area contributed by atoms with Crippen LogP contribution in [0.15, 0.2) is 122 Å². The maximum absolute atomic E-state index is 14.9. The number of hydrogen-bond acceptors (Lipinski definition) is 2. The largest absolute Gasteiger partial charge is 0.309 e. The summed E-state index contributed by atoms with van der Waals surface area (Å²) in [6.07, 6.45) is 3.11. The maximum atomic E-state index is 14.9. The molecule has 5 rings (SSSR count). The van der Waals surface area contributed by atoms with Crippen LogP contribution >= 0.6 is 11.6 Å². The Hall–Kier alpha value is -4.02. The van der Waals surface area contributed by atoms with E-state index in [-0.39, 0.29) is 16.3 Å². The van der Waals surface area contributed by atoms with Crippen molar-refractivity contribution in [3.63, 3.8) is 0 Å². The summed E-state index contributed by atoms with van der Waals surface area (Å²) in [4.78, 5) is 18.0. The molecule has 0 spiro atoms. The summed E-state index contributed by atoms with van der Waals surface area (Å²) < 4.78 is 16.7. The fourth-order valence-corrected chi connectivity index (χ4v) is 4.68. The van der Waals surface area contributed by atoms with E-state index in [9.17, 15) is 9.18 Å². The predicted octanol–water partition coefficient (Wildman–Crippen LogP) is 6.75. The van der Waals surface area contributed by atoms with Crippen LogP contribution < -0.4 is 0 Å². The molecule has 0 saturated carbocycles. The highest BCUT2D eigenvalue weighted by molar-refractivity contribution is 6.31. The first-order valence-corrected chi connectivity index (χ1v) is 11.2. The number of nitrogens with zero attached hydrogens (tertiary/aromatic N) is 2. The van der Waals surface area contributed by atoms with Crippen LogP contribution in [0.3, 0.4) is 0 Å². The van der Waals surface area contributed by atoms with Crippen LogP contribution in [0.4, 0.5) is 4.39 Å². The smallest absolute Gasteiger partial charge is 0.214 e. The molecule has 0 fully saturated rings. The lowest BCUT2D eigenvalue weighted by Gasteiger charge is -2.38. The Labute approximate surface area is 202 Å². The Bertz CT molecular complexity index is 1340. The van der Waals surface area contributed by atoms with Gasteiger partial charge in [0.1, 0.15) is 11.2 Å². The second kappa shape index (κ2) is 9.08. The molecule has 3 nitrogen and oxygen atoms in total. The Morgan fingerprint density at radius 1 is 0.735 bits per heavy atom. The first kappa shape index (κ1) is 21.8. The third-order valence-corrected chi connectivity index (χ3v) is 6.30. The van der Waals surface area contributed by atoms with Crippen LogP contribution in [-0.2, 0) is 5.54 Å². The molecule has 34 heavy (non-hydrogen) atoms. The van der Waals surface area contributed by atoms with E-state index in [2.05, 4.69) is 4.98 Å². The minimum absolute atomic E-state index is 0.0997. The highest BCUT2D eigenvalue weighted by Gasteiger charge is 2.40. The topological polar surface area (TPSA) is 34.9 Å². The van der Waals surface area contributed by atoms with Crippen LogP contribution in [0.2, 0.25) is 5.02 Å². The first-order chi connectivity index (χ1) is 16.6. The van der Waals surface area contributed by atoms with E-state index < -0.39 is 17.1 Å². The summed E-state index contributed by atoms with van der Waals surface area (Å²) in [7, 11) is 0. The Balaban J connectivity index is 1.85. The quantitative estimate of drug-likeness (QED) is 0.205. The van der Waals surface area contributed by atoms with Gasteiger partial charge in [0.25, 0.3) is 0 Å². The van der Waals surface area contributed by atoms with Gasteiger partial charge in [0, 0.05) is 0 Å². The van der Waals surface area contributed by atoms with Crippen molar-refractivity contribution < 1.29 is 9.18 Å². The molecular weight excluding hydrogens is 447 g/mol. The molecule has 5 aromatic rings. The van der Waals surface area contributed by atoms with Gasteiger partial charge in [0.05, 0.1) is 23.1 Å². The van der Waals surface area contributed by atoms with Crippen molar-refractivity contribution in [1.82, 2.24) is 9.55 Å². The van der Waals surface area contributed by atoms with Crippen LogP contribution in [0.1, 0.15) is 32.7 Å². The zero-order valence-electron chi connectivity index (χ0n) is 18.1. The van der Waals surface area contributed by atoms with Gasteiger partial charge in [-0.3, -0.25) is 4.79 Å². The van der Waals surface area contributed by atoms with Gasteiger partial charge in [-0.1, -0.05) is 109 Å². The number of aromatic nitrogens is 2. The monoisotopic (exact) mass is 466 g/mol. The first-order valence-electron chi connectivity index (χ1n) is 10.8. The fraction of sp³-hybridized carbons (Fsp3) is 0.0345. The SMILES string of the molecule is O=C(c1cccc(Cl)c1F)c1cncn1C(c1ccccc1)(c1ccccc1)c1ccccc1. The number of benzene rings is 4. The Morgan fingerprint density at radius 2 is 1.24 bits per heavy atom. The van der Waals surface area contributed by atoms with E-state index in [1.807, 2.05) is 95.6 Å². The third-order valence-electron chi connectivity index (χ3n) is 6.00. The maximum Gasteiger partial charge on any atom is 0.214 e. The van der Waals surface area contributed by atoms with Crippen molar-refractivity contribution in [3.8, 4) is 0 Å². The van der Waals surface area contributed by atoms with E-state index in [0.29, 0.717) is 0 Å². The number of hydrogen-bond donors (Lipinski definition) is 0. The Kier molecular flexibility index (Phi) is 5.83. The van der Waals surface area contributed by atoms with Gasteiger partial charge < -0.3 is 4.57 Å². The lowest BCUT2D eigenvalue weighted by Crippen LogP contribution is -2.39. The van der Waals surface area contributed by atoms with E-state index in [1.165, 1.54) is 18.3 Å². The number of rotatable bonds is 6. The summed E-state index contributed by atoms with van der Waals surface area (Å²) in [5.74, 6) is -1.24. The molecule has 5 heteroatoms. The van der Waals surface area contributed by atoms with Crippen molar-refractivity contribution in [2.75, 3.05) is 0 Å². The van der Waals surface area contributed by atoms with Crippen molar-refractivity contribution in [1.29, 1.82) is 0 Å². The van der Waals surface area contributed by atoms with Gasteiger partial charge in [-0.05, 0) is 28.8 Å². The second-order valence-corrected chi connectivity index (χ2v) is 8.30. The molecule has 1 heterocycles. The van der Waals surface area contributed by atoms with Gasteiger partial charge >= 0.3 is 0 Å². The zero-order valence-corrected chi connectivity index (χ0v) is 18.9. The second-order valence-electron chi connectivity index (χ2n) is 7.89. The van der Waals surface area contributed by atoms with E-state index in [0.717, 1.165) is 16.7 Å². The van der Waals surface area contributed by atoms with Crippen LogP contribution in [0, 0.1) is 5.82 Å². The van der Waals surface area contributed by atoms with Crippen molar-refractivity contribution >= 4 is 17.4 Å². The minimum Gasteiger partial charge on any atom is -0.309 e. The normalized spacial score (nSPS) is 11.4. The molecule has 166 valence electrons. The number of halogens is 2. The molecule has 0 aliphatic heterocycles. The van der Waals surface area contributed by atoms with Gasteiger partial charge in [-0.15, -0.1) is 0 Å². The van der Waals surface area contributed by atoms with E-state index >= 15 is 0 Å². The molecule has 4 aromatic carbocycles. The van der Waals surface area contributed by atoms with Gasteiger partial charge in [0.2, 0.25) is 5.78 Å². The summed E-state index contributed by atoms with van der Waals surface area (Å²) in [6.45, 7) is 0. The van der Waals surface area contributed by atoms with E-state index in [1.54, 1.807) is 12.4 Å². The van der Waals surface area contributed by atoms with Gasteiger partial charge in [0.15, 0.2) is 5.82 Å². The zero-order chi connectivity index (χ0) is 23.5. The van der Waals surface area contributed by atoms with Crippen molar-refractivity contribution in [3.05, 3.63) is 161 Å². The third kappa shape index (κ3) is 3.53. The van der Waals surface area contributed by atoms with Crippen LogP contribution in [0.5, 0.6) is 0 Å². The summed E-state index contributed by atoms with van der Waals surface area (Å²) in [5.41, 5.74) is 2.03. The summed E-state index contributed by atoms with van der Waals surface area (Å²) in [6, 6.07) is 34.2. The van der Waals surface area contributed by atoms with Crippen LogP contribution in [-0.4, -0.2) is 15.3 Å². The molecule has 0 aliphatic rings. The number of ketones is 1. The molecule has 0 radical (unpaired) electrons. The Morgan fingerprint density at radius 3 is 1.74 bits per heavy atom. The molecule has 1 aromatic heterocycles. The molecule has 0 N–H and O–H groups in total. The molecular formula is C29H20ClFN2O. The molecule has 0 atom stereocenters. The highest BCUT2D eigenvalue weighted by atomic mass is 35.5. The predicted molar refractivity (Wildman–Crippen MR) is 132 cm³/mol. The number of carbonyl (C=O) groups excluding carboxylic acids is 1. The highest BCUT2D eigenvalue weighted by Crippen LogP contribution is 2.41. The van der Waals surface area contributed by atoms with Crippen molar-refractivity contribution in [2.45, 2.75) is 5.54 Å². The lowest BCUT2D eigenvalue weighted by atomic mass is 9.76. The molecule has 0 saturated heterocycles. The fourth-order valence-electron chi connectivity index (χ4n) is 4.50. The van der Waals surface area contributed by atoms with Gasteiger partial charge in [-0.25, -0.2) is 9.37 Å². The molecule has 0 unspecified atom stereocenters. The van der Waals surface area contributed by atoms with Crippen LogP contribution in [0.25, 0.3) is 0 Å². The molecule has 0 aliphatic carbocycles. The van der Waals surface area contributed by atoms with E-state index in [4.69, 9.17) is 11.6 Å². The average molecular weight is 467 g/mol.